The Hall–Kier alpha value is -2.63. The van der Waals surface area contributed by atoms with Crippen LogP contribution in [0.2, 0.25) is 0 Å². The van der Waals surface area contributed by atoms with Gasteiger partial charge in [-0.05, 0) is 37.8 Å². The number of aryl methyl sites for hydroxylation is 1. The quantitative estimate of drug-likeness (QED) is 0.713. The molecule has 6 heteroatoms. The molecule has 0 spiro atoms. The summed E-state index contributed by atoms with van der Waals surface area (Å²) < 4.78 is 1.34. The number of anilines is 1. The van der Waals surface area contributed by atoms with Crippen molar-refractivity contribution in [3.63, 3.8) is 0 Å². The summed E-state index contributed by atoms with van der Waals surface area (Å²) in [6, 6.07) is 5.49. The van der Waals surface area contributed by atoms with Gasteiger partial charge in [0.1, 0.15) is 5.82 Å². The number of hydrogen-bond donors (Lipinski definition) is 2. The van der Waals surface area contributed by atoms with Gasteiger partial charge < -0.3 is 5.73 Å². The number of fused-ring (bicyclic) bond motifs is 2. The summed E-state index contributed by atoms with van der Waals surface area (Å²) in [4.78, 5) is 12.8. The molecule has 0 radical (unpaired) electrons. The van der Waals surface area contributed by atoms with Gasteiger partial charge in [0.15, 0.2) is 0 Å². The fourth-order valence-corrected chi connectivity index (χ4v) is 3.00. The SMILES string of the molecule is Nc1c2c(nn1C(=O)c1cccc3[nH]ncc13)CCCC2. The molecule has 0 bridgehead atoms. The van der Waals surface area contributed by atoms with Crippen molar-refractivity contribution in [2.24, 2.45) is 0 Å². The predicted molar refractivity (Wildman–Crippen MR) is 79.1 cm³/mol. The van der Waals surface area contributed by atoms with Crippen molar-refractivity contribution in [1.29, 1.82) is 0 Å². The first-order valence-corrected chi connectivity index (χ1v) is 7.09. The van der Waals surface area contributed by atoms with Crippen molar-refractivity contribution in [1.82, 2.24) is 20.0 Å². The zero-order valence-electron chi connectivity index (χ0n) is 11.5. The van der Waals surface area contributed by atoms with E-state index < -0.39 is 0 Å². The van der Waals surface area contributed by atoms with Crippen LogP contribution >= 0.6 is 0 Å². The van der Waals surface area contributed by atoms with E-state index in [9.17, 15) is 4.79 Å². The van der Waals surface area contributed by atoms with E-state index in [1.54, 1.807) is 12.3 Å². The van der Waals surface area contributed by atoms with Gasteiger partial charge in [-0.1, -0.05) is 6.07 Å². The van der Waals surface area contributed by atoms with Crippen LogP contribution < -0.4 is 5.73 Å². The van der Waals surface area contributed by atoms with Crippen LogP contribution in [-0.4, -0.2) is 25.9 Å². The molecule has 2 heterocycles. The van der Waals surface area contributed by atoms with E-state index >= 15 is 0 Å². The van der Waals surface area contributed by atoms with Crippen molar-refractivity contribution in [3.8, 4) is 0 Å². The van der Waals surface area contributed by atoms with Gasteiger partial charge in [0.25, 0.3) is 5.91 Å². The molecule has 4 rings (SSSR count). The first-order chi connectivity index (χ1) is 10.3. The molecule has 6 nitrogen and oxygen atoms in total. The molecule has 106 valence electrons. The van der Waals surface area contributed by atoms with Crippen LogP contribution in [-0.2, 0) is 12.8 Å². The minimum Gasteiger partial charge on any atom is -0.383 e. The molecule has 0 saturated carbocycles. The first-order valence-electron chi connectivity index (χ1n) is 7.09. The number of aromatic nitrogens is 4. The van der Waals surface area contributed by atoms with Gasteiger partial charge in [-0.15, -0.1) is 0 Å². The molecule has 0 fully saturated rings. The minimum absolute atomic E-state index is 0.200. The number of hydrogen-bond acceptors (Lipinski definition) is 4. The van der Waals surface area contributed by atoms with Gasteiger partial charge in [-0.2, -0.15) is 14.9 Å². The van der Waals surface area contributed by atoms with Gasteiger partial charge in [-0.3, -0.25) is 9.89 Å². The Labute approximate surface area is 120 Å². The number of nitrogens with two attached hydrogens (primary N) is 1. The lowest BCUT2D eigenvalue weighted by atomic mass is 9.98. The molecule has 0 aliphatic heterocycles. The normalized spacial score (nSPS) is 14.3. The maximum atomic E-state index is 12.8. The highest BCUT2D eigenvalue weighted by Crippen LogP contribution is 2.27. The van der Waals surface area contributed by atoms with Crippen LogP contribution in [0.15, 0.2) is 24.4 Å². The highest BCUT2D eigenvalue weighted by Gasteiger charge is 2.23. The number of carbonyl (C=O) groups is 1. The Bertz CT molecular complexity index is 845. The summed E-state index contributed by atoms with van der Waals surface area (Å²) in [5, 5.41) is 12.1. The first kappa shape index (κ1) is 12.1. The van der Waals surface area contributed by atoms with Crippen LogP contribution in [0.1, 0.15) is 34.5 Å². The standard InChI is InChI=1S/C15H15N5O/c16-14-10-4-1-2-6-13(10)19-20(14)15(21)9-5-3-7-12-11(9)8-17-18-12/h3,5,7-8H,1-2,4,6,16H2,(H,17,18). The Kier molecular flexibility index (Phi) is 2.57. The second kappa shape index (κ2) is 4.44. The van der Waals surface area contributed by atoms with Gasteiger partial charge in [0, 0.05) is 10.9 Å². The number of nitrogens with one attached hydrogen (secondary N) is 1. The van der Waals surface area contributed by atoms with Gasteiger partial charge in [0.2, 0.25) is 0 Å². The summed E-state index contributed by atoms with van der Waals surface area (Å²) in [5.41, 5.74) is 9.53. The summed E-state index contributed by atoms with van der Waals surface area (Å²) in [7, 11) is 0. The number of rotatable bonds is 1. The molecule has 3 aromatic rings. The third kappa shape index (κ3) is 1.75. The monoisotopic (exact) mass is 281 g/mol. The second-order valence-electron chi connectivity index (χ2n) is 5.37. The van der Waals surface area contributed by atoms with Crippen LogP contribution in [0.5, 0.6) is 0 Å². The lowest BCUT2D eigenvalue weighted by molar-refractivity contribution is 0.0949. The van der Waals surface area contributed by atoms with E-state index in [2.05, 4.69) is 15.3 Å². The van der Waals surface area contributed by atoms with Gasteiger partial charge in [-0.25, -0.2) is 0 Å². The molecule has 0 atom stereocenters. The summed E-state index contributed by atoms with van der Waals surface area (Å²) >= 11 is 0. The van der Waals surface area contributed by atoms with E-state index in [-0.39, 0.29) is 5.91 Å². The smallest absolute Gasteiger partial charge is 0.280 e. The van der Waals surface area contributed by atoms with Crippen molar-refractivity contribution >= 4 is 22.6 Å². The average Bonchev–Trinajstić information content (AvgIpc) is 3.11. The molecule has 0 amide bonds. The third-order valence-corrected chi connectivity index (χ3v) is 4.10. The highest BCUT2D eigenvalue weighted by molar-refractivity contribution is 6.07. The van der Waals surface area contributed by atoms with Crippen molar-refractivity contribution in [2.45, 2.75) is 25.7 Å². The number of aromatic amines is 1. The van der Waals surface area contributed by atoms with Crippen LogP contribution in [0.3, 0.4) is 0 Å². The van der Waals surface area contributed by atoms with Crippen LogP contribution in [0.4, 0.5) is 5.82 Å². The Morgan fingerprint density at radius 3 is 3.00 bits per heavy atom. The Morgan fingerprint density at radius 1 is 1.29 bits per heavy atom. The fourth-order valence-electron chi connectivity index (χ4n) is 3.00. The molecule has 0 saturated heterocycles. The number of carbonyl (C=O) groups excluding carboxylic acids is 1. The number of nitrogen functional groups attached to an aromatic ring is 1. The average molecular weight is 281 g/mol. The molecule has 21 heavy (non-hydrogen) atoms. The van der Waals surface area contributed by atoms with E-state index in [0.717, 1.165) is 47.8 Å². The molecule has 2 aromatic heterocycles. The van der Waals surface area contributed by atoms with E-state index in [4.69, 9.17) is 5.73 Å². The lowest BCUT2D eigenvalue weighted by Crippen LogP contribution is -2.16. The molecule has 3 N–H and O–H groups in total. The number of H-pyrrole nitrogens is 1. The predicted octanol–water partition coefficient (Wildman–Crippen LogP) is 1.91. The zero-order chi connectivity index (χ0) is 14.4. The topological polar surface area (TPSA) is 89.6 Å². The number of benzene rings is 1. The molecular formula is C15H15N5O. The third-order valence-electron chi connectivity index (χ3n) is 4.10. The van der Waals surface area contributed by atoms with Crippen molar-refractivity contribution in [3.05, 3.63) is 41.2 Å². The molecule has 1 aromatic carbocycles. The maximum Gasteiger partial charge on any atom is 0.280 e. The maximum absolute atomic E-state index is 12.8. The molecule has 1 aliphatic carbocycles. The number of nitrogens with zero attached hydrogens (tertiary/aromatic N) is 3. The minimum atomic E-state index is -0.200. The van der Waals surface area contributed by atoms with E-state index in [1.165, 1.54) is 4.68 Å². The Balaban J connectivity index is 1.85. The van der Waals surface area contributed by atoms with E-state index in [0.29, 0.717) is 11.4 Å². The molecule has 0 unspecified atom stereocenters. The largest absolute Gasteiger partial charge is 0.383 e. The summed E-state index contributed by atoms with van der Waals surface area (Å²) in [6.07, 6.45) is 5.67. The van der Waals surface area contributed by atoms with Gasteiger partial charge >= 0.3 is 0 Å². The highest BCUT2D eigenvalue weighted by atomic mass is 16.2. The van der Waals surface area contributed by atoms with E-state index in [1.807, 2.05) is 12.1 Å². The lowest BCUT2D eigenvalue weighted by Gasteiger charge is -2.08. The van der Waals surface area contributed by atoms with Crippen molar-refractivity contribution < 1.29 is 4.79 Å². The fraction of sp³-hybridized carbons (Fsp3) is 0.267. The van der Waals surface area contributed by atoms with Crippen LogP contribution in [0, 0.1) is 0 Å². The zero-order valence-corrected chi connectivity index (χ0v) is 11.5. The second-order valence-corrected chi connectivity index (χ2v) is 5.37. The Morgan fingerprint density at radius 2 is 2.14 bits per heavy atom. The van der Waals surface area contributed by atoms with Crippen LogP contribution in [0.25, 0.3) is 10.9 Å². The van der Waals surface area contributed by atoms with Crippen molar-refractivity contribution in [2.75, 3.05) is 5.73 Å². The molecule has 1 aliphatic rings. The summed E-state index contributed by atoms with van der Waals surface area (Å²) in [5.74, 6) is 0.282. The van der Waals surface area contributed by atoms with Gasteiger partial charge in [0.05, 0.1) is 23.0 Å². The summed E-state index contributed by atoms with van der Waals surface area (Å²) in [6.45, 7) is 0. The molecular weight excluding hydrogens is 266 g/mol.